The van der Waals surface area contributed by atoms with Gasteiger partial charge in [0, 0.05) is 24.8 Å². The molecule has 19 heavy (non-hydrogen) atoms. The lowest BCUT2D eigenvalue weighted by Crippen LogP contribution is -2.02. The fourth-order valence-electron chi connectivity index (χ4n) is 2.71. The van der Waals surface area contributed by atoms with Crippen LogP contribution in [-0.2, 0) is 19.5 Å². The zero-order valence-electron chi connectivity index (χ0n) is 11.4. The molecular weight excluding hydrogens is 236 g/mol. The monoisotopic (exact) mass is 254 g/mol. The van der Waals surface area contributed by atoms with Crippen molar-refractivity contribution in [1.29, 1.82) is 0 Å². The van der Waals surface area contributed by atoms with E-state index in [1.807, 2.05) is 18.3 Å². The molecule has 0 bridgehead atoms. The predicted octanol–water partition coefficient (Wildman–Crippen LogP) is 2.92. The van der Waals surface area contributed by atoms with Crippen LogP contribution in [0.3, 0.4) is 0 Å². The van der Waals surface area contributed by atoms with Gasteiger partial charge in [0.25, 0.3) is 0 Å². The Morgan fingerprint density at radius 2 is 2.00 bits per heavy atom. The summed E-state index contributed by atoms with van der Waals surface area (Å²) in [5.41, 5.74) is 6.41. The van der Waals surface area contributed by atoms with E-state index in [2.05, 4.69) is 29.4 Å². The van der Waals surface area contributed by atoms with Crippen molar-refractivity contribution in [3.05, 3.63) is 47.2 Å². The summed E-state index contributed by atoms with van der Waals surface area (Å²) in [6, 6.07) is 8.13. The largest absolute Gasteiger partial charge is 0.497 e. The van der Waals surface area contributed by atoms with Gasteiger partial charge in [-0.2, -0.15) is 0 Å². The molecule has 1 aliphatic rings. The Hall–Kier alpha value is -1.87. The molecule has 0 saturated carbocycles. The van der Waals surface area contributed by atoms with Gasteiger partial charge in [-0.15, -0.1) is 0 Å². The van der Waals surface area contributed by atoms with Crippen molar-refractivity contribution in [3.8, 4) is 17.0 Å². The van der Waals surface area contributed by atoms with Crippen LogP contribution in [-0.4, -0.2) is 12.1 Å². The number of ether oxygens (including phenoxy) is 1. The Balaban J connectivity index is 2.09. The SMILES string of the molecule is CCc1c(-c2ccc(OC)cc2)ncc2c1CNC2. The molecule has 0 atom stereocenters. The van der Waals surface area contributed by atoms with Gasteiger partial charge in [0.15, 0.2) is 0 Å². The Kier molecular flexibility index (Phi) is 3.22. The minimum atomic E-state index is 0.879. The van der Waals surface area contributed by atoms with Crippen molar-refractivity contribution in [2.24, 2.45) is 0 Å². The van der Waals surface area contributed by atoms with E-state index in [-0.39, 0.29) is 0 Å². The van der Waals surface area contributed by atoms with Crippen molar-refractivity contribution >= 4 is 0 Å². The molecule has 2 aromatic rings. The van der Waals surface area contributed by atoms with E-state index in [0.717, 1.165) is 36.5 Å². The number of nitrogens with one attached hydrogen (secondary N) is 1. The van der Waals surface area contributed by atoms with Gasteiger partial charge < -0.3 is 10.1 Å². The molecule has 98 valence electrons. The standard InChI is InChI=1S/C16H18N2O/c1-3-14-15-10-17-8-12(15)9-18-16(14)11-4-6-13(19-2)7-5-11/h4-7,9,17H,3,8,10H2,1-2H3. The summed E-state index contributed by atoms with van der Waals surface area (Å²) in [6.45, 7) is 4.10. The fraction of sp³-hybridized carbons (Fsp3) is 0.312. The van der Waals surface area contributed by atoms with Crippen LogP contribution in [0.25, 0.3) is 11.3 Å². The van der Waals surface area contributed by atoms with E-state index in [4.69, 9.17) is 4.74 Å². The number of benzene rings is 1. The highest BCUT2D eigenvalue weighted by Gasteiger charge is 2.18. The first-order valence-corrected chi connectivity index (χ1v) is 6.68. The average Bonchev–Trinajstić information content (AvgIpc) is 2.94. The van der Waals surface area contributed by atoms with E-state index in [1.54, 1.807) is 7.11 Å². The van der Waals surface area contributed by atoms with Crippen molar-refractivity contribution < 1.29 is 4.74 Å². The summed E-state index contributed by atoms with van der Waals surface area (Å²) < 4.78 is 5.21. The molecule has 0 aliphatic carbocycles. The number of nitrogens with zero attached hydrogens (tertiary/aromatic N) is 1. The maximum Gasteiger partial charge on any atom is 0.118 e. The molecule has 1 aliphatic heterocycles. The first-order chi connectivity index (χ1) is 9.33. The minimum absolute atomic E-state index is 0.879. The van der Waals surface area contributed by atoms with E-state index in [9.17, 15) is 0 Å². The molecule has 1 aromatic heterocycles. The second-order valence-corrected chi connectivity index (χ2v) is 4.77. The zero-order valence-corrected chi connectivity index (χ0v) is 11.4. The highest BCUT2D eigenvalue weighted by Crippen LogP contribution is 2.30. The summed E-state index contributed by atoms with van der Waals surface area (Å²) in [7, 11) is 1.69. The molecule has 3 heteroatoms. The number of fused-ring (bicyclic) bond motifs is 1. The fourth-order valence-corrected chi connectivity index (χ4v) is 2.71. The highest BCUT2D eigenvalue weighted by molar-refractivity contribution is 5.66. The maximum absolute atomic E-state index is 5.21. The first-order valence-electron chi connectivity index (χ1n) is 6.68. The summed E-state index contributed by atoms with van der Waals surface area (Å²) >= 11 is 0. The van der Waals surface area contributed by atoms with Gasteiger partial charge in [-0.1, -0.05) is 6.92 Å². The minimum Gasteiger partial charge on any atom is -0.497 e. The number of rotatable bonds is 3. The lowest BCUT2D eigenvalue weighted by molar-refractivity contribution is 0.415. The molecule has 0 spiro atoms. The molecule has 0 radical (unpaired) electrons. The number of hydrogen-bond acceptors (Lipinski definition) is 3. The van der Waals surface area contributed by atoms with Crippen molar-refractivity contribution in [3.63, 3.8) is 0 Å². The third kappa shape index (κ3) is 2.10. The number of pyridine rings is 1. The van der Waals surface area contributed by atoms with E-state index < -0.39 is 0 Å². The van der Waals surface area contributed by atoms with Crippen molar-refractivity contribution in [1.82, 2.24) is 10.3 Å². The van der Waals surface area contributed by atoms with Crippen LogP contribution in [0.2, 0.25) is 0 Å². The van der Waals surface area contributed by atoms with Crippen LogP contribution in [0.15, 0.2) is 30.5 Å². The molecule has 3 nitrogen and oxygen atoms in total. The summed E-state index contributed by atoms with van der Waals surface area (Å²) in [5.74, 6) is 0.879. The third-order valence-corrected chi connectivity index (χ3v) is 3.72. The van der Waals surface area contributed by atoms with Gasteiger partial charge in [-0.05, 0) is 47.4 Å². The lowest BCUT2D eigenvalue weighted by Gasteiger charge is -2.12. The molecular formula is C16H18N2O. The second-order valence-electron chi connectivity index (χ2n) is 4.77. The van der Waals surface area contributed by atoms with Gasteiger partial charge in [-0.25, -0.2) is 0 Å². The lowest BCUT2D eigenvalue weighted by atomic mass is 9.97. The third-order valence-electron chi connectivity index (χ3n) is 3.72. The molecule has 0 unspecified atom stereocenters. The predicted molar refractivity (Wildman–Crippen MR) is 76.1 cm³/mol. The molecule has 0 amide bonds. The van der Waals surface area contributed by atoms with E-state index in [1.165, 1.54) is 16.7 Å². The Bertz CT molecular complexity index is 590. The quantitative estimate of drug-likeness (QED) is 0.914. The number of hydrogen-bond donors (Lipinski definition) is 1. The number of aromatic nitrogens is 1. The van der Waals surface area contributed by atoms with Crippen molar-refractivity contribution in [2.45, 2.75) is 26.4 Å². The Labute approximate surface area is 113 Å². The molecule has 1 aromatic carbocycles. The van der Waals surface area contributed by atoms with Gasteiger partial charge in [0.1, 0.15) is 5.75 Å². The molecule has 0 fully saturated rings. The summed E-state index contributed by atoms with van der Waals surface area (Å²) in [4.78, 5) is 4.67. The van der Waals surface area contributed by atoms with Crippen LogP contribution in [0.4, 0.5) is 0 Å². The van der Waals surface area contributed by atoms with E-state index >= 15 is 0 Å². The topological polar surface area (TPSA) is 34.1 Å². The van der Waals surface area contributed by atoms with Crippen molar-refractivity contribution in [2.75, 3.05) is 7.11 Å². The smallest absolute Gasteiger partial charge is 0.118 e. The Morgan fingerprint density at radius 3 is 2.68 bits per heavy atom. The second kappa shape index (κ2) is 5.02. The highest BCUT2D eigenvalue weighted by atomic mass is 16.5. The summed E-state index contributed by atoms with van der Waals surface area (Å²) in [6.07, 6.45) is 3.02. The van der Waals surface area contributed by atoms with Gasteiger partial charge >= 0.3 is 0 Å². The Morgan fingerprint density at radius 1 is 1.21 bits per heavy atom. The first kappa shape index (κ1) is 12.2. The van der Waals surface area contributed by atoms with Gasteiger partial charge in [0.2, 0.25) is 0 Å². The molecule has 3 rings (SSSR count). The average molecular weight is 254 g/mol. The van der Waals surface area contributed by atoms with E-state index in [0.29, 0.717) is 0 Å². The van der Waals surface area contributed by atoms with Crippen LogP contribution in [0.1, 0.15) is 23.6 Å². The maximum atomic E-state index is 5.21. The van der Waals surface area contributed by atoms with Crippen LogP contribution in [0, 0.1) is 0 Å². The van der Waals surface area contributed by atoms with Crippen LogP contribution >= 0.6 is 0 Å². The molecule has 1 N–H and O–H groups in total. The summed E-state index contributed by atoms with van der Waals surface area (Å²) in [5, 5.41) is 3.40. The number of methoxy groups -OCH3 is 1. The molecule has 0 saturated heterocycles. The van der Waals surface area contributed by atoms with Crippen LogP contribution < -0.4 is 10.1 Å². The normalized spacial score (nSPS) is 13.4. The van der Waals surface area contributed by atoms with Crippen LogP contribution in [0.5, 0.6) is 5.75 Å². The molecule has 2 heterocycles. The van der Waals surface area contributed by atoms with Gasteiger partial charge in [0.05, 0.1) is 12.8 Å². The zero-order chi connectivity index (χ0) is 13.2. The van der Waals surface area contributed by atoms with Gasteiger partial charge in [-0.3, -0.25) is 4.98 Å².